The number of furan rings is 2. The van der Waals surface area contributed by atoms with Gasteiger partial charge in [-0.1, -0.05) is 97.1 Å². The molecule has 0 amide bonds. The highest BCUT2D eigenvalue weighted by Crippen LogP contribution is 2.47. The molecule has 4 aromatic heterocycles. The zero-order valence-electron chi connectivity index (χ0n) is 28.4. The minimum atomic E-state index is 0.867. The number of para-hydroxylation sites is 5. The second kappa shape index (κ2) is 10.7. The maximum Gasteiger partial charge on any atom is 0.143 e. The van der Waals surface area contributed by atoms with E-state index in [0.29, 0.717) is 0 Å². The second-order valence-electron chi connectivity index (χ2n) is 13.9. The van der Waals surface area contributed by atoms with Crippen LogP contribution in [0.5, 0.6) is 0 Å². The number of nitrogens with zero attached hydrogens (tertiary/aromatic N) is 2. The van der Waals surface area contributed by atoms with Gasteiger partial charge in [-0.05, 0) is 78.4 Å². The van der Waals surface area contributed by atoms with E-state index in [1.165, 1.54) is 16.3 Å². The number of aromatic nitrogens is 2. The zero-order chi connectivity index (χ0) is 34.6. The average molecular weight is 677 g/mol. The highest BCUT2D eigenvalue weighted by Gasteiger charge is 2.23. The third kappa shape index (κ3) is 4.03. The summed E-state index contributed by atoms with van der Waals surface area (Å²) in [5, 5.41) is 10.1. The maximum absolute atomic E-state index is 6.87. The summed E-state index contributed by atoms with van der Waals surface area (Å²) in [7, 11) is 0. The van der Waals surface area contributed by atoms with Crippen molar-refractivity contribution in [2.75, 3.05) is 0 Å². The monoisotopic (exact) mass is 676 g/mol. The van der Waals surface area contributed by atoms with Crippen molar-refractivity contribution < 1.29 is 8.83 Å². The molecule has 0 fully saturated rings. The summed E-state index contributed by atoms with van der Waals surface area (Å²) in [4.78, 5) is 5.41. The van der Waals surface area contributed by atoms with Crippen molar-refractivity contribution in [3.8, 4) is 28.1 Å². The largest absolute Gasteiger partial charge is 0.456 e. The summed E-state index contributed by atoms with van der Waals surface area (Å²) in [5.41, 5.74) is 12.0. The number of hydrogen-bond acceptors (Lipinski definition) is 3. The Hall–Kier alpha value is -7.17. The third-order valence-corrected chi connectivity index (χ3v) is 11.0. The molecule has 246 valence electrons. The van der Waals surface area contributed by atoms with Crippen molar-refractivity contribution in [1.82, 2.24) is 9.55 Å². The molecule has 0 spiro atoms. The van der Waals surface area contributed by atoms with Crippen LogP contribution < -0.4 is 0 Å². The van der Waals surface area contributed by atoms with Crippen molar-refractivity contribution >= 4 is 87.4 Å². The Kier molecular flexibility index (Phi) is 5.74. The van der Waals surface area contributed by atoms with Gasteiger partial charge in [0.25, 0.3) is 0 Å². The molecule has 0 aliphatic carbocycles. The summed E-state index contributed by atoms with van der Waals surface area (Å²) in [6.45, 7) is 0. The highest BCUT2D eigenvalue weighted by molar-refractivity contribution is 6.31. The quantitative estimate of drug-likeness (QED) is 0.175. The first kappa shape index (κ1) is 28.5. The number of pyridine rings is 1. The van der Waals surface area contributed by atoms with Gasteiger partial charge in [-0.15, -0.1) is 0 Å². The molecular weight excluding hydrogens is 649 g/mol. The molecule has 0 saturated heterocycles. The SMILES string of the molecule is c1ccc(-n2c3ccccc3c3cc(-c4cc5c(-c6ccc7oc8ccccc8c7c6)nc6ccccc6c5c5c4oc4ccccc45)ccc32)cc1. The number of benzene rings is 8. The highest BCUT2D eigenvalue weighted by atomic mass is 16.3. The molecule has 12 aromatic rings. The van der Waals surface area contributed by atoms with Crippen LogP contribution in [0.3, 0.4) is 0 Å². The Morgan fingerprint density at radius 2 is 1.04 bits per heavy atom. The van der Waals surface area contributed by atoms with Gasteiger partial charge in [0, 0.05) is 65.3 Å². The molecule has 8 aromatic carbocycles. The lowest BCUT2D eigenvalue weighted by molar-refractivity contribution is 0.669. The van der Waals surface area contributed by atoms with Crippen molar-refractivity contribution in [2.24, 2.45) is 0 Å². The molecule has 0 atom stereocenters. The van der Waals surface area contributed by atoms with E-state index in [-0.39, 0.29) is 0 Å². The van der Waals surface area contributed by atoms with Crippen LogP contribution in [0.2, 0.25) is 0 Å². The van der Waals surface area contributed by atoms with Crippen LogP contribution in [0.4, 0.5) is 0 Å². The van der Waals surface area contributed by atoms with E-state index < -0.39 is 0 Å². The van der Waals surface area contributed by atoms with Gasteiger partial charge in [-0.3, -0.25) is 0 Å². The zero-order valence-corrected chi connectivity index (χ0v) is 28.4. The molecule has 4 heterocycles. The first-order valence-corrected chi connectivity index (χ1v) is 18.0. The average Bonchev–Trinajstić information content (AvgIpc) is 3.90. The molecule has 0 N–H and O–H groups in total. The van der Waals surface area contributed by atoms with E-state index in [1.54, 1.807) is 0 Å². The van der Waals surface area contributed by atoms with Crippen LogP contribution >= 0.6 is 0 Å². The van der Waals surface area contributed by atoms with Crippen LogP contribution in [0, 0.1) is 0 Å². The Balaban J connectivity index is 1.21. The van der Waals surface area contributed by atoms with Crippen LogP contribution in [-0.4, -0.2) is 9.55 Å². The smallest absolute Gasteiger partial charge is 0.143 e. The van der Waals surface area contributed by atoms with Crippen molar-refractivity contribution in [3.05, 3.63) is 170 Å². The third-order valence-electron chi connectivity index (χ3n) is 11.0. The maximum atomic E-state index is 6.87. The Morgan fingerprint density at radius 3 is 1.91 bits per heavy atom. The molecule has 4 nitrogen and oxygen atoms in total. The van der Waals surface area contributed by atoms with Gasteiger partial charge >= 0.3 is 0 Å². The van der Waals surface area contributed by atoms with Crippen LogP contribution in [-0.2, 0) is 0 Å². The normalized spacial score (nSPS) is 12.2. The molecule has 0 aliphatic rings. The van der Waals surface area contributed by atoms with Gasteiger partial charge in [-0.2, -0.15) is 0 Å². The van der Waals surface area contributed by atoms with Gasteiger partial charge in [0.2, 0.25) is 0 Å². The fourth-order valence-corrected chi connectivity index (χ4v) is 8.63. The summed E-state index contributed by atoms with van der Waals surface area (Å²) in [5.74, 6) is 0. The predicted molar refractivity (Wildman–Crippen MR) is 219 cm³/mol. The fourth-order valence-electron chi connectivity index (χ4n) is 8.63. The van der Waals surface area contributed by atoms with Crippen LogP contribution in [0.25, 0.3) is 115 Å². The summed E-state index contributed by atoms with van der Waals surface area (Å²) in [6.07, 6.45) is 0. The van der Waals surface area contributed by atoms with Gasteiger partial charge < -0.3 is 13.4 Å². The molecule has 4 heteroatoms. The van der Waals surface area contributed by atoms with Gasteiger partial charge in [-0.25, -0.2) is 4.98 Å². The summed E-state index contributed by atoms with van der Waals surface area (Å²) >= 11 is 0. The Morgan fingerprint density at radius 1 is 0.396 bits per heavy atom. The molecule has 0 bridgehead atoms. The number of rotatable bonds is 3. The fraction of sp³-hybridized carbons (Fsp3) is 0. The van der Waals surface area contributed by atoms with E-state index in [9.17, 15) is 0 Å². The lowest BCUT2D eigenvalue weighted by Gasteiger charge is -2.14. The number of hydrogen-bond donors (Lipinski definition) is 0. The molecule has 0 radical (unpaired) electrons. The molecule has 12 rings (SSSR count). The van der Waals surface area contributed by atoms with E-state index >= 15 is 0 Å². The van der Waals surface area contributed by atoms with E-state index in [0.717, 1.165) is 99.1 Å². The predicted octanol–water partition coefficient (Wildman–Crippen LogP) is 13.6. The lowest BCUT2D eigenvalue weighted by Crippen LogP contribution is -1.93. The molecule has 0 saturated carbocycles. The first-order valence-electron chi connectivity index (χ1n) is 18.0. The second-order valence-corrected chi connectivity index (χ2v) is 13.9. The van der Waals surface area contributed by atoms with Crippen molar-refractivity contribution in [1.29, 1.82) is 0 Å². The lowest BCUT2D eigenvalue weighted by atomic mass is 9.91. The molecule has 0 aliphatic heterocycles. The van der Waals surface area contributed by atoms with Crippen molar-refractivity contribution in [3.63, 3.8) is 0 Å². The Labute approximate surface area is 302 Å². The molecule has 53 heavy (non-hydrogen) atoms. The minimum absolute atomic E-state index is 0.867. The summed E-state index contributed by atoms with van der Waals surface area (Å²) < 4.78 is 15.5. The Bertz CT molecular complexity index is 3460. The standard InChI is InChI=1S/C49H28N2O2/c1-2-12-31(13-3-1)51-41-19-9-5-14-32(41)37-26-29(22-24-42(37)51)36-28-39-46(47-35-17-7-11-21-44(35)53-49(36)47)34-16-4-8-18-40(34)50-48(39)30-23-25-45-38(27-30)33-15-6-10-20-43(33)52-45/h1-28H. The molecule has 0 unspecified atom stereocenters. The van der Waals surface area contributed by atoms with Gasteiger partial charge in [0.15, 0.2) is 0 Å². The van der Waals surface area contributed by atoms with Gasteiger partial charge in [0.05, 0.1) is 22.2 Å². The first-order chi connectivity index (χ1) is 26.3. The van der Waals surface area contributed by atoms with Crippen LogP contribution in [0.15, 0.2) is 179 Å². The topological polar surface area (TPSA) is 44.1 Å². The minimum Gasteiger partial charge on any atom is -0.456 e. The van der Waals surface area contributed by atoms with Crippen molar-refractivity contribution in [2.45, 2.75) is 0 Å². The molecular formula is C49H28N2O2. The van der Waals surface area contributed by atoms with E-state index in [4.69, 9.17) is 13.8 Å². The van der Waals surface area contributed by atoms with E-state index in [2.05, 4.69) is 156 Å². The summed E-state index contributed by atoms with van der Waals surface area (Å²) in [6, 6.07) is 60.0. The van der Waals surface area contributed by atoms with Gasteiger partial charge in [0.1, 0.15) is 22.3 Å². The van der Waals surface area contributed by atoms with E-state index in [1.807, 2.05) is 18.2 Å². The van der Waals surface area contributed by atoms with Crippen LogP contribution in [0.1, 0.15) is 0 Å². The number of fused-ring (bicyclic) bond motifs is 13.